The maximum Gasteiger partial charge on any atom is 0.328 e. The molecule has 3 aromatic heterocycles. The number of carbonyl (C=O) groups excluding carboxylic acids is 1. The number of hydrogen-bond acceptors (Lipinski definition) is 6. The summed E-state index contributed by atoms with van der Waals surface area (Å²) in [6.07, 6.45) is 1.45. The van der Waals surface area contributed by atoms with Crippen molar-refractivity contribution < 1.29 is 18.3 Å². The van der Waals surface area contributed by atoms with Crippen LogP contribution < -0.4 is 15.7 Å². The van der Waals surface area contributed by atoms with Gasteiger partial charge in [-0.15, -0.1) is 5.10 Å². The van der Waals surface area contributed by atoms with Crippen molar-refractivity contribution >= 4 is 22.8 Å². The number of anilines is 1. The lowest BCUT2D eigenvalue weighted by atomic mass is 10.2. The summed E-state index contributed by atoms with van der Waals surface area (Å²) in [6.45, 7) is 5.24. The number of carbonyl (C=O) groups is 1. The van der Waals surface area contributed by atoms with Gasteiger partial charge in [-0.1, -0.05) is 17.3 Å². The van der Waals surface area contributed by atoms with E-state index in [-0.39, 0.29) is 40.3 Å². The highest BCUT2D eigenvalue weighted by Crippen LogP contribution is 2.31. The normalized spacial score (nSPS) is 11.3. The second-order valence-electron chi connectivity index (χ2n) is 8.49. The largest absolute Gasteiger partial charge is 0.452 e. The maximum atomic E-state index is 15.0. The Labute approximate surface area is 208 Å². The van der Waals surface area contributed by atoms with Gasteiger partial charge in [-0.25, -0.2) is 23.2 Å². The van der Waals surface area contributed by atoms with E-state index in [2.05, 4.69) is 25.6 Å². The molecule has 1 amide bonds. The van der Waals surface area contributed by atoms with Crippen LogP contribution in [0.5, 0.6) is 11.5 Å². The summed E-state index contributed by atoms with van der Waals surface area (Å²) in [5.41, 5.74) is 0.945. The van der Waals surface area contributed by atoms with Crippen LogP contribution in [0, 0.1) is 18.6 Å². The van der Waals surface area contributed by atoms with Gasteiger partial charge in [0.15, 0.2) is 28.7 Å². The van der Waals surface area contributed by atoms with Gasteiger partial charge in [0.05, 0.1) is 5.69 Å². The van der Waals surface area contributed by atoms with Gasteiger partial charge < -0.3 is 10.1 Å². The summed E-state index contributed by atoms with van der Waals surface area (Å²) in [7, 11) is 0. The Hall–Kier alpha value is -4.87. The van der Waals surface area contributed by atoms with E-state index in [4.69, 9.17) is 4.74 Å². The fourth-order valence-electron chi connectivity index (χ4n) is 3.96. The second-order valence-corrected chi connectivity index (χ2v) is 8.49. The molecule has 0 aliphatic rings. The molecule has 0 aliphatic carbocycles. The van der Waals surface area contributed by atoms with Crippen molar-refractivity contribution in [3.8, 4) is 17.2 Å². The first-order valence-corrected chi connectivity index (χ1v) is 11.3. The number of pyridine rings is 1. The van der Waals surface area contributed by atoms with Crippen molar-refractivity contribution in [3.05, 3.63) is 88.2 Å². The Bertz CT molecular complexity index is 1700. The van der Waals surface area contributed by atoms with Crippen LogP contribution in [0.25, 0.3) is 16.9 Å². The highest BCUT2D eigenvalue weighted by molar-refractivity contribution is 6.03. The van der Waals surface area contributed by atoms with Crippen molar-refractivity contribution in [3.63, 3.8) is 0 Å². The van der Waals surface area contributed by atoms with Crippen LogP contribution in [0.4, 0.5) is 14.5 Å². The Morgan fingerprint density at radius 2 is 1.86 bits per heavy atom. The smallest absolute Gasteiger partial charge is 0.328 e. The van der Waals surface area contributed by atoms with Crippen LogP contribution in [0.2, 0.25) is 0 Å². The van der Waals surface area contributed by atoms with Crippen LogP contribution in [0.3, 0.4) is 0 Å². The number of nitrogens with zero attached hydrogens (tertiary/aromatic N) is 5. The number of imidazole rings is 1. The predicted octanol–water partition coefficient (Wildman–Crippen LogP) is 4.52. The van der Waals surface area contributed by atoms with Crippen molar-refractivity contribution in [1.29, 1.82) is 0 Å². The quantitative estimate of drug-likeness (QED) is 0.350. The number of aromatic nitrogens is 6. The van der Waals surface area contributed by atoms with E-state index in [9.17, 15) is 18.4 Å². The minimum Gasteiger partial charge on any atom is -0.452 e. The molecule has 5 rings (SSSR count). The Morgan fingerprint density at radius 1 is 1.08 bits per heavy atom. The predicted molar refractivity (Wildman–Crippen MR) is 131 cm³/mol. The first-order chi connectivity index (χ1) is 17.7. The van der Waals surface area contributed by atoms with E-state index < -0.39 is 17.5 Å². The topological polar surface area (TPSA) is 120 Å². The number of H-pyrrole nitrogens is 1. The number of hydrogen-bond donors (Lipinski definition) is 2. The van der Waals surface area contributed by atoms with E-state index >= 15 is 0 Å². The lowest BCUT2D eigenvalue weighted by Gasteiger charge is -2.12. The molecule has 0 unspecified atom stereocenters. The van der Waals surface area contributed by atoms with Gasteiger partial charge in [-0.05, 0) is 45.0 Å². The van der Waals surface area contributed by atoms with Gasteiger partial charge >= 0.3 is 5.69 Å². The monoisotopic (exact) mass is 505 g/mol. The summed E-state index contributed by atoms with van der Waals surface area (Å²) < 4.78 is 37.6. The Morgan fingerprint density at radius 3 is 2.59 bits per heavy atom. The number of halogens is 2. The molecular formula is C25H21F2N7O3. The average Bonchev–Trinajstić information content (AvgIpc) is 3.40. The van der Waals surface area contributed by atoms with Crippen LogP contribution >= 0.6 is 0 Å². The fraction of sp³-hybridized carbons (Fsp3) is 0.160. The summed E-state index contributed by atoms with van der Waals surface area (Å²) in [5, 5.41) is 10.3. The number of fused-ring (bicyclic) bond motifs is 1. The van der Waals surface area contributed by atoms with Gasteiger partial charge in [0, 0.05) is 30.1 Å². The molecule has 0 saturated heterocycles. The molecule has 2 N–H and O–H groups in total. The molecule has 37 heavy (non-hydrogen) atoms. The third-order valence-electron chi connectivity index (χ3n) is 5.69. The summed E-state index contributed by atoms with van der Waals surface area (Å²) >= 11 is 0. The number of nitrogens with one attached hydrogen (secondary N) is 2. The van der Waals surface area contributed by atoms with Gasteiger partial charge in [-0.2, -0.15) is 0 Å². The van der Waals surface area contributed by atoms with Crippen LogP contribution in [-0.4, -0.2) is 35.4 Å². The van der Waals surface area contributed by atoms with E-state index in [1.807, 2.05) is 13.8 Å². The first kappa shape index (κ1) is 23.9. The number of amides is 1. The standard InChI is InChI=1S/C25H21F2N7O3/c1-13(2)33-22-20(10-11-28-23(22)30-25(33)36)37-19-9-8-15(12-17(19)27)29-24(35)21-14(3)34(32-31-21)18-7-5-4-6-16(18)26/h4-13H,1-3H3,(H,29,35)(H,28,30,36). The zero-order valence-corrected chi connectivity index (χ0v) is 20.0. The molecule has 5 aromatic rings. The van der Waals surface area contributed by atoms with Gasteiger partial charge in [-0.3, -0.25) is 14.3 Å². The van der Waals surface area contributed by atoms with Crippen molar-refractivity contribution in [2.45, 2.75) is 26.8 Å². The lowest BCUT2D eigenvalue weighted by molar-refractivity contribution is 0.102. The highest BCUT2D eigenvalue weighted by Gasteiger charge is 2.20. The van der Waals surface area contributed by atoms with Gasteiger partial charge in [0.1, 0.15) is 17.0 Å². The zero-order chi connectivity index (χ0) is 26.3. The Kier molecular flexibility index (Phi) is 5.99. The van der Waals surface area contributed by atoms with Gasteiger partial charge in [0.2, 0.25) is 0 Å². The van der Waals surface area contributed by atoms with E-state index in [1.54, 1.807) is 19.1 Å². The highest BCUT2D eigenvalue weighted by atomic mass is 19.1. The Balaban J connectivity index is 1.38. The molecule has 12 heteroatoms. The summed E-state index contributed by atoms with van der Waals surface area (Å²) in [4.78, 5) is 31.9. The van der Waals surface area contributed by atoms with Crippen molar-refractivity contribution in [2.24, 2.45) is 0 Å². The molecule has 0 atom stereocenters. The van der Waals surface area contributed by atoms with Crippen molar-refractivity contribution in [1.82, 2.24) is 29.5 Å². The SMILES string of the molecule is Cc1c(C(=O)Nc2ccc(Oc3ccnc4[nH]c(=O)n(C(C)C)c34)c(F)c2)nnn1-c1ccccc1F. The van der Waals surface area contributed by atoms with E-state index in [1.165, 1.54) is 45.8 Å². The molecule has 0 saturated carbocycles. The molecule has 188 valence electrons. The molecule has 0 fully saturated rings. The molecule has 0 bridgehead atoms. The molecule has 0 aliphatic heterocycles. The minimum absolute atomic E-state index is 0.0396. The maximum absolute atomic E-state index is 15.0. The lowest BCUT2D eigenvalue weighted by Crippen LogP contribution is -2.18. The van der Waals surface area contributed by atoms with E-state index in [0.717, 1.165) is 6.07 Å². The van der Waals surface area contributed by atoms with Crippen molar-refractivity contribution in [2.75, 3.05) is 5.32 Å². The average molecular weight is 505 g/mol. The number of rotatable bonds is 6. The minimum atomic E-state index is -0.747. The molecule has 3 heterocycles. The summed E-state index contributed by atoms with van der Waals surface area (Å²) in [5.74, 6) is -1.78. The molecule has 2 aromatic carbocycles. The molecular weight excluding hydrogens is 484 g/mol. The fourth-order valence-corrected chi connectivity index (χ4v) is 3.96. The number of para-hydroxylation sites is 1. The first-order valence-electron chi connectivity index (χ1n) is 11.3. The zero-order valence-electron chi connectivity index (χ0n) is 20.0. The number of aromatic amines is 1. The molecule has 0 spiro atoms. The van der Waals surface area contributed by atoms with Crippen LogP contribution in [-0.2, 0) is 0 Å². The van der Waals surface area contributed by atoms with Crippen LogP contribution in [0.1, 0.15) is 36.1 Å². The molecule has 0 radical (unpaired) electrons. The number of benzene rings is 2. The third-order valence-corrected chi connectivity index (χ3v) is 5.69. The van der Waals surface area contributed by atoms with E-state index in [0.29, 0.717) is 16.9 Å². The summed E-state index contributed by atoms with van der Waals surface area (Å²) in [6, 6.07) is 11.2. The second kappa shape index (κ2) is 9.30. The van der Waals surface area contributed by atoms with Crippen LogP contribution in [0.15, 0.2) is 59.5 Å². The number of ether oxygens (including phenoxy) is 1. The van der Waals surface area contributed by atoms with Gasteiger partial charge in [0.25, 0.3) is 5.91 Å². The third kappa shape index (κ3) is 4.33. The molecule has 10 nitrogen and oxygen atoms in total.